The molecule has 0 saturated carbocycles. The summed E-state index contributed by atoms with van der Waals surface area (Å²) in [4.78, 5) is 23.2. The van der Waals surface area contributed by atoms with E-state index in [1.165, 1.54) is 38.3 Å². The maximum Gasteiger partial charge on any atom is 0.273 e. The van der Waals surface area contributed by atoms with Gasteiger partial charge in [0.15, 0.2) is 0 Å². The lowest BCUT2D eigenvalue weighted by molar-refractivity contribution is -0.385. The molecule has 0 bridgehead atoms. The summed E-state index contributed by atoms with van der Waals surface area (Å²) >= 11 is 0. The first-order valence-corrected chi connectivity index (χ1v) is 12.4. The fourth-order valence-electron chi connectivity index (χ4n) is 3.35. The number of nitrogens with one attached hydrogen (secondary N) is 1. The second-order valence-corrected chi connectivity index (χ2v) is 9.74. The highest BCUT2D eigenvalue weighted by molar-refractivity contribution is 7.92. The van der Waals surface area contributed by atoms with Gasteiger partial charge in [0.25, 0.3) is 21.6 Å². The normalized spacial score (nSPS) is 11.5. The molecule has 3 rings (SSSR count). The number of rotatable bonds is 10. The third-order valence-corrected chi connectivity index (χ3v) is 7.24. The molecule has 0 fully saturated rings. The number of methoxy groups -OCH3 is 2. The largest absolute Gasteiger partial charge is 0.497 e. The highest BCUT2D eigenvalue weighted by Gasteiger charge is 2.29. The molecule has 0 unspecified atom stereocenters. The van der Waals surface area contributed by atoms with Crippen molar-refractivity contribution in [3.8, 4) is 11.5 Å². The Labute approximate surface area is 214 Å². The SMILES string of the molecule is COc1ccc(/C(C)=N\NC(=O)CN(c2ccc(OC)cc2)S(=O)(=O)c2ccc(C)c([N+](=O)[O-])c2)cc1. The van der Waals surface area contributed by atoms with Gasteiger partial charge in [0.2, 0.25) is 0 Å². The molecular weight excluding hydrogens is 500 g/mol. The number of aryl methyl sites for hydroxylation is 1. The van der Waals surface area contributed by atoms with Gasteiger partial charge in [0.05, 0.1) is 35.4 Å². The lowest BCUT2D eigenvalue weighted by Gasteiger charge is -2.24. The van der Waals surface area contributed by atoms with Crippen LogP contribution >= 0.6 is 0 Å². The minimum Gasteiger partial charge on any atom is -0.497 e. The quantitative estimate of drug-likeness (QED) is 0.241. The van der Waals surface area contributed by atoms with E-state index in [9.17, 15) is 23.3 Å². The molecule has 1 N–H and O–H groups in total. The number of nitrogens with zero attached hydrogens (tertiary/aromatic N) is 3. The summed E-state index contributed by atoms with van der Waals surface area (Å²) < 4.78 is 38.3. The number of amides is 1. The van der Waals surface area contributed by atoms with Crippen LogP contribution in [-0.2, 0) is 14.8 Å². The van der Waals surface area contributed by atoms with Crippen molar-refractivity contribution < 1.29 is 27.6 Å². The fraction of sp³-hybridized carbons (Fsp3) is 0.200. The first kappa shape index (κ1) is 27.1. The van der Waals surface area contributed by atoms with Crippen LogP contribution in [-0.4, -0.2) is 45.7 Å². The first-order chi connectivity index (χ1) is 17.6. The first-order valence-electron chi connectivity index (χ1n) is 11.0. The van der Waals surface area contributed by atoms with Gasteiger partial charge in [0, 0.05) is 11.6 Å². The molecule has 3 aromatic carbocycles. The fourth-order valence-corrected chi connectivity index (χ4v) is 4.79. The number of ether oxygens (including phenoxy) is 2. The van der Waals surface area contributed by atoms with E-state index in [1.54, 1.807) is 50.4 Å². The topological polar surface area (TPSA) is 140 Å². The van der Waals surface area contributed by atoms with Crippen LogP contribution in [0.4, 0.5) is 11.4 Å². The minimum atomic E-state index is -4.38. The number of carbonyl (C=O) groups excluding carboxylic acids is 1. The Morgan fingerprint density at radius 2 is 1.57 bits per heavy atom. The molecule has 3 aromatic rings. The number of nitro benzene ring substituents is 1. The molecule has 1 amide bonds. The van der Waals surface area contributed by atoms with Crippen LogP contribution in [0.2, 0.25) is 0 Å². The molecule has 0 aliphatic heterocycles. The van der Waals surface area contributed by atoms with Crippen molar-refractivity contribution in [3.05, 3.63) is 88.0 Å². The van der Waals surface area contributed by atoms with Gasteiger partial charge in [-0.05, 0) is 74.0 Å². The molecule has 37 heavy (non-hydrogen) atoms. The van der Waals surface area contributed by atoms with Crippen LogP contribution in [0.1, 0.15) is 18.1 Å². The molecule has 0 aromatic heterocycles. The van der Waals surface area contributed by atoms with Crippen molar-refractivity contribution in [2.24, 2.45) is 5.10 Å². The molecule has 0 heterocycles. The van der Waals surface area contributed by atoms with Gasteiger partial charge in [-0.3, -0.25) is 19.2 Å². The number of sulfonamides is 1. The lowest BCUT2D eigenvalue weighted by atomic mass is 10.1. The standard InChI is InChI=1S/C25H26N4O7S/c1-17-5-14-23(15-24(17)29(31)32)37(33,34)28(20-8-12-22(36-4)13-9-20)16-25(30)27-26-18(2)19-6-10-21(35-3)11-7-19/h5-15H,16H2,1-4H3,(H,27,30)/b26-18-. The van der Waals surface area contributed by atoms with E-state index in [1.807, 2.05) is 0 Å². The Kier molecular flexibility index (Phi) is 8.45. The molecular formula is C25H26N4O7S. The molecule has 0 atom stereocenters. The summed E-state index contributed by atoms with van der Waals surface area (Å²) in [7, 11) is -1.36. The van der Waals surface area contributed by atoms with Crippen molar-refractivity contribution in [2.75, 3.05) is 25.1 Å². The van der Waals surface area contributed by atoms with Gasteiger partial charge in [0.1, 0.15) is 18.0 Å². The second-order valence-electron chi connectivity index (χ2n) is 7.88. The van der Waals surface area contributed by atoms with E-state index >= 15 is 0 Å². The van der Waals surface area contributed by atoms with Gasteiger partial charge in [-0.1, -0.05) is 6.07 Å². The van der Waals surface area contributed by atoms with E-state index in [2.05, 4.69) is 10.5 Å². The Morgan fingerprint density at radius 1 is 1.00 bits per heavy atom. The zero-order valence-corrected chi connectivity index (χ0v) is 21.5. The average Bonchev–Trinajstić information content (AvgIpc) is 2.90. The smallest absolute Gasteiger partial charge is 0.273 e. The van der Waals surface area contributed by atoms with Crippen molar-refractivity contribution in [1.82, 2.24) is 5.43 Å². The molecule has 0 saturated heterocycles. The van der Waals surface area contributed by atoms with Crippen LogP contribution < -0.4 is 19.2 Å². The number of carbonyl (C=O) groups is 1. The third kappa shape index (κ3) is 6.41. The van der Waals surface area contributed by atoms with E-state index in [0.29, 0.717) is 22.8 Å². The summed E-state index contributed by atoms with van der Waals surface area (Å²) in [6.45, 7) is 2.56. The molecule has 12 heteroatoms. The molecule has 0 spiro atoms. The lowest BCUT2D eigenvalue weighted by Crippen LogP contribution is -2.39. The maximum absolute atomic E-state index is 13.6. The number of nitro groups is 1. The highest BCUT2D eigenvalue weighted by Crippen LogP contribution is 2.29. The van der Waals surface area contributed by atoms with Crippen molar-refractivity contribution >= 4 is 33.0 Å². The van der Waals surface area contributed by atoms with Gasteiger partial charge in [-0.15, -0.1) is 0 Å². The van der Waals surface area contributed by atoms with Crippen LogP contribution in [0, 0.1) is 17.0 Å². The number of benzene rings is 3. The predicted octanol–water partition coefficient (Wildman–Crippen LogP) is 3.66. The van der Waals surface area contributed by atoms with Gasteiger partial charge in [-0.2, -0.15) is 5.10 Å². The molecule has 0 radical (unpaired) electrons. The highest BCUT2D eigenvalue weighted by atomic mass is 32.2. The van der Waals surface area contributed by atoms with E-state index in [0.717, 1.165) is 15.9 Å². The van der Waals surface area contributed by atoms with Crippen molar-refractivity contribution in [2.45, 2.75) is 18.7 Å². The van der Waals surface area contributed by atoms with E-state index in [4.69, 9.17) is 9.47 Å². The van der Waals surface area contributed by atoms with Crippen LogP contribution in [0.3, 0.4) is 0 Å². The molecule has 11 nitrogen and oxygen atoms in total. The monoisotopic (exact) mass is 526 g/mol. The summed E-state index contributed by atoms with van der Waals surface area (Å²) in [5.74, 6) is 0.433. The van der Waals surface area contributed by atoms with Crippen LogP contribution in [0.25, 0.3) is 0 Å². The summed E-state index contributed by atoms with van der Waals surface area (Å²) in [6, 6.07) is 16.6. The van der Waals surface area contributed by atoms with Crippen LogP contribution in [0.5, 0.6) is 11.5 Å². The number of hydrazone groups is 1. The molecule has 0 aliphatic rings. The van der Waals surface area contributed by atoms with Gasteiger partial charge < -0.3 is 9.47 Å². The average molecular weight is 527 g/mol. The number of hydrogen-bond donors (Lipinski definition) is 1. The van der Waals surface area contributed by atoms with Gasteiger partial charge in [-0.25, -0.2) is 13.8 Å². The van der Waals surface area contributed by atoms with Crippen molar-refractivity contribution in [1.29, 1.82) is 0 Å². The summed E-state index contributed by atoms with van der Waals surface area (Å²) in [5, 5.41) is 15.5. The van der Waals surface area contributed by atoms with E-state index < -0.39 is 27.4 Å². The third-order valence-electron chi connectivity index (χ3n) is 5.47. The zero-order valence-electron chi connectivity index (χ0n) is 20.7. The Morgan fingerprint density at radius 3 is 2.11 bits per heavy atom. The van der Waals surface area contributed by atoms with Gasteiger partial charge >= 0.3 is 0 Å². The number of hydrogen-bond acceptors (Lipinski definition) is 8. The van der Waals surface area contributed by atoms with E-state index in [-0.39, 0.29) is 16.3 Å². The Balaban J connectivity index is 1.92. The minimum absolute atomic E-state index is 0.162. The molecule has 194 valence electrons. The zero-order chi connectivity index (χ0) is 27.2. The summed E-state index contributed by atoms with van der Waals surface area (Å²) in [5.41, 5.74) is 3.71. The summed E-state index contributed by atoms with van der Waals surface area (Å²) in [6.07, 6.45) is 0. The predicted molar refractivity (Wildman–Crippen MR) is 139 cm³/mol. The molecule has 0 aliphatic carbocycles. The van der Waals surface area contributed by atoms with Crippen LogP contribution in [0.15, 0.2) is 76.7 Å². The second kappa shape index (κ2) is 11.5. The maximum atomic E-state index is 13.6. The Bertz CT molecular complexity index is 1420. The van der Waals surface area contributed by atoms with Crippen molar-refractivity contribution in [3.63, 3.8) is 0 Å². The number of anilines is 1. The Hall–Kier alpha value is -4.45.